The van der Waals surface area contributed by atoms with Gasteiger partial charge in [-0.05, 0) is 35.9 Å². The maximum absolute atomic E-state index is 12.1. The summed E-state index contributed by atoms with van der Waals surface area (Å²) in [6.07, 6.45) is -2.95. The zero-order valence-corrected chi connectivity index (χ0v) is 13.4. The highest BCUT2D eigenvalue weighted by atomic mass is 19.4. The number of nitrogens with zero attached hydrogens (tertiary/aromatic N) is 2. The predicted molar refractivity (Wildman–Crippen MR) is 88.3 cm³/mol. The summed E-state index contributed by atoms with van der Waals surface area (Å²) in [4.78, 5) is 0. The minimum atomic E-state index is -4.71. The Morgan fingerprint density at radius 2 is 1.80 bits per heavy atom. The van der Waals surface area contributed by atoms with Crippen LogP contribution in [0.15, 0.2) is 49.0 Å². The number of fused-ring (bicyclic) bond motifs is 1. The van der Waals surface area contributed by atoms with Gasteiger partial charge in [0.1, 0.15) is 23.8 Å². The number of ether oxygens (including phenoxy) is 2. The van der Waals surface area contributed by atoms with Gasteiger partial charge < -0.3 is 9.47 Å². The second-order valence-electron chi connectivity index (χ2n) is 5.36. The number of aryl methyl sites for hydroxylation is 1. The van der Waals surface area contributed by atoms with E-state index in [-0.39, 0.29) is 12.4 Å². The molecular weight excluding hydrogens is 333 g/mol. The van der Waals surface area contributed by atoms with Crippen LogP contribution in [0.2, 0.25) is 0 Å². The molecule has 0 atom stereocenters. The average molecular weight is 348 g/mol. The normalized spacial score (nSPS) is 11.5. The highest BCUT2D eigenvalue weighted by Crippen LogP contribution is 2.26. The first-order chi connectivity index (χ1) is 11.9. The van der Waals surface area contributed by atoms with E-state index in [0.29, 0.717) is 5.75 Å². The van der Waals surface area contributed by atoms with E-state index in [1.165, 1.54) is 24.3 Å². The van der Waals surface area contributed by atoms with Crippen LogP contribution in [-0.4, -0.2) is 16.1 Å². The molecule has 25 heavy (non-hydrogen) atoms. The van der Waals surface area contributed by atoms with Gasteiger partial charge in [0.25, 0.3) is 0 Å². The van der Waals surface area contributed by atoms with Crippen molar-refractivity contribution >= 4 is 17.0 Å². The molecule has 0 radical (unpaired) electrons. The van der Waals surface area contributed by atoms with Crippen LogP contribution < -0.4 is 9.47 Å². The lowest BCUT2D eigenvalue weighted by molar-refractivity contribution is -0.274. The molecule has 2 aromatic carbocycles. The summed E-state index contributed by atoms with van der Waals surface area (Å²) in [6.45, 7) is 3.94. The van der Waals surface area contributed by atoms with Crippen LogP contribution in [-0.2, 0) is 13.7 Å². The van der Waals surface area contributed by atoms with Gasteiger partial charge in [-0.1, -0.05) is 24.8 Å². The van der Waals surface area contributed by atoms with E-state index in [2.05, 4.69) is 16.4 Å². The van der Waals surface area contributed by atoms with Crippen LogP contribution in [0.3, 0.4) is 0 Å². The first-order valence-corrected chi connectivity index (χ1v) is 7.42. The van der Waals surface area contributed by atoms with E-state index >= 15 is 0 Å². The Balaban J connectivity index is 1.73. The first kappa shape index (κ1) is 16.9. The topological polar surface area (TPSA) is 36.3 Å². The number of aromatic nitrogens is 2. The lowest BCUT2D eigenvalue weighted by atomic mass is 10.1. The molecule has 1 heterocycles. The van der Waals surface area contributed by atoms with Crippen LogP contribution >= 0.6 is 0 Å². The highest BCUT2D eigenvalue weighted by Gasteiger charge is 2.30. The zero-order valence-electron chi connectivity index (χ0n) is 13.4. The molecule has 3 rings (SSSR count). The monoisotopic (exact) mass is 348 g/mol. The van der Waals surface area contributed by atoms with Crippen LogP contribution in [0, 0.1) is 0 Å². The first-order valence-electron chi connectivity index (χ1n) is 7.42. The molecule has 7 heteroatoms. The van der Waals surface area contributed by atoms with Gasteiger partial charge in [-0.3, -0.25) is 4.68 Å². The quantitative estimate of drug-likeness (QED) is 0.671. The zero-order chi connectivity index (χ0) is 18.0. The van der Waals surface area contributed by atoms with Crippen molar-refractivity contribution in [1.29, 1.82) is 0 Å². The third-order valence-corrected chi connectivity index (χ3v) is 3.62. The van der Waals surface area contributed by atoms with Gasteiger partial charge in [0, 0.05) is 12.4 Å². The van der Waals surface area contributed by atoms with Crippen molar-refractivity contribution in [1.82, 2.24) is 9.78 Å². The highest BCUT2D eigenvalue weighted by molar-refractivity contribution is 5.84. The second kappa shape index (κ2) is 6.51. The van der Waals surface area contributed by atoms with Crippen LogP contribution in [0.25, 0.3) is 17.0 Å². The Morgan fingerprint density at radius 3 is 2.44 bits per heavy atom. The third-order valence-electron chi connectivity index (χ3n) is 3.62. The molecule has 1 aromatic heterocycles. The number of hydrogen-bond acceptors (Lipinski definition) is 3. The summed E-state index contributed by atoms with van der Waals surface area (Å²) >= 11 is 0. The molecule has 0 unspecified atom stereocenters. The Bertz CT molecular complexity index is 899. The van der Waals surface area contributed by atoms with Crippen molar-refractivity contribution in [3.8, 4) is 11.5 Å². The molecule has 0 fully saturated rings. The molecule has 130 valence electrons. The molecule has 0 bridgehead atoms. The summed E-state index contributed by atoms with van der Waals surface area (Å²) in [5.41, 5.74) is 2.68. The summed E-state index contributed by atoms with van der Waals surface area (Å²) < 4.78 is 47.6. The molecule has 0 amide bonds. The number of hydrogen-bond donors (Lipinski definition) is 0. The third kappa shape index (κ3) is 3.93. The van der Waals surface area contributed by atoms with E-state index in [0.717, 1.165) is 22.2 Å². The summed E-state index contributed by atoms with van der Waals surface area (Å²) in [5.74, 6) is 0.135. The van der Waals surface area contributed by atoms with E-state index in [4.69, 9.17) is 4.74 Å². The van der Waals surface area contributed by atoms with Crippen LogP contribution in [0.4, 0.5) is 13.2 Å². The van der Waals surface area contributed by atoms with Crippen molar-refractivity contribution in [2.75, 3.05) is 0 Å². The Labute approximate surface area is 142 Å². The standard InChI is InChI=1S/C18H15F3N2O2/c1-3-12-4-9-15-16(22-23(2)17(15)10-12)11-24-13-5-7-14(8-6-13)25-18(19,20)21/h3-10H,1,11H2,2H3. The number of halogens is 3. The molecule has 0 aliphatic carbocycles. The van der Waals surface area contributed by atoms with Crippen molar-refractivity contribution in [2.45, 2.75) is 13.0 Å². The maximum Gasteiger partial charge on any atom is 0.573 e. The minimum Gasteiger partial charge on any atom is -0.487 e. The largest absolute Gasteiger partial charge is 0.573 e. The van der Waals surface area contributed by atoms with Crippen molar-refractivity contribution in [2.24, 2.45) is 7.05 Å². The van der Waals surface area contributed by atoms with Crippen molar-refractivity contribution < 1.29 is 22.6 Å². The minimum absolute atomic E-state index is 0.199. The molecular formula is C18H15F3N2O2. The molecule has 0 aliphatic heterocycles. The maximum atomic E-state index is 12.1. The van der Waals surface area contributed by atoms with Crippen LogP contribution in [0.1, 0.15) is 11.3 Å². The Morgan fingerprint density at radius 1 is 1.12 bits per heavy atom. The van der Waals surface area contributed by atoms with Gasteiger partial charge in [-0.2, -0.15) is 5.10 Å². The van der Waals surface area contributed by atoms with E-state index in [1.54, 1.807) is 10.8 Å². The molecule has 0 saturated carbocycles. The van der Waals surface area contributed by atoms with Crippen LogP contribution in [0.5, 0.6) is 11.5 Å². The van der Waals surface area contributed by atoms with Gasteiger partial charge in [-0.15, -0.1) is 13.2 Å². The Hall–Kier alpha value is -2.96. The van der Waals surface area contributed by atoms with Gasteiger partial charge in [0.15, 0.2) is 0 Å². The van der Waals surface area contributed by atoms with Gasteiger partial charge in [-0.25, -0.2) is 0 Å². The molecule has 0 saturated heterocycles. The molecule has 0 N–H and O–H groups in total. The smallest absolute Gasteiger partial charge is 0.487 e. The molecule has 0 spiro atoms. The molecule has 3 aromatic rings. The summed E-state index contributed by atoms with van der Waals surface area (Å²) in [6, 6.07) is 11.1. The number of rotatable bonds is 5. The Kier molecular flexibility index (Phi) is 4.39. The average Bonchev–Trinajstić information content (AvgIpc) is 2.88. The summed E-state index contributed by atoms with van der Waals surface area (Å²) in [5, 5.41) is 5.38. The molecule has 4 nitrogen and oxygen atoms in total. The van der Waals surface area contributed by atoms with E-state index < -0.39 is 6.36 Å². The SMILES string of the molecule is C=Cc1ccc2c(COc3ccc(OC(F)(F)F)cc3)nn(C)c2c1. The number of alkyl halides is 3. The fraction of sp³-hybridized carbons (Fsp3) is 0.167. The lowest BCUT2D eigenvalue weighted by Gasteiger charge is -2.09. The fourth-order valence-corrected chi connectivity index (χ4v) is 2.47. The van der Waals surface area contributed by atoms with Gasteiger partial charge in [0.05, 0.1) is 5.52 Å². The van der Waals surface area contributed by atoms with Crippen molar-refractivity contribution in [3.05, 3.63) is 60.3 Å². The van der Waals surface area contributed by atoms with Gasteiger partial charge >= 0.3 is 6.36 Å². The number of benzene rings is 2. The molecule has 0 aliphatic rings. The van der Waals surface area contributed by atoms with E-state index in [1.807, 2.05) is 25.2 Å². The second-order valence-corrected chi connectivity index (χ2v) is 5.36. The van der Waals surface area contributed by atoms with Crippen molar-refractivity contribution in [3.63, 3.8) is 0 Å². The fourth-order valence-electron chi connectivity index (χ4n) is 2.47. The predicted octanol–water partition coefficient (Wildman–Crippen LogP) is 4.69. The van der Waals surface area contributed by atoms with E-state index in [9.17, 15) is 13.2 Å². The van der Waals surface area contributed by atoms with Gasteiger partial charge in [0.2, 0.25) is 0 Å². The lowest BCUT2D eigenvalue weighted by Crippen LogP contribution is -2.16. The summed E-state index contributed by atoms with van der Waals surface area (Å²) in [7, 11) is 1.84.